The summed E-state index contributed by atoms with van der Waals surface area (Å²) in [6.07, 6.45) is 0.549. The molecule has 1 fully saturated rings. The molecule has 7 nitrogen and oxygen atoms in total. The third-order valence-corrected chi connectivity index (χ3v) is 6.70. The molecule has 2 aromatic heterocycles. The molecule has 1 aliphatic carbocycles. The fourth-order valence-corrected chi connectivity index (χ4v) is 5.00. The lowest BCUT2D eigenvalue weighted by molar-refractivity contribution is -0.140. The Morgan fingerprint density at radius 3 is 2.54 bits per heavy atom. The van der Waals surface area contributed by atoms with Crippen molar-refractivity contribution in [3.8, 4) is 0 Å². The highest BCUT2D eigenvalue weighted by molar-refractivity contribution is 6.32. The summed E-state index contributed by atoms with van der Waals surface area (Å²) in [5.74, 6) is -0.391. The van der Waals surface area contributed by atoms with Gasteiger partial charge in [-0.05, 0) is 57.4 Å². The number of rotatable bonds is 6. The number of benzene rings is 1. The predicted molar refractivity (Wildman–Crippen MR) is 137 cm³/mol. The van der Waals surface area contributed by atoms with Crippen molar-refractivity contribution in [3.05, 3.63) is 51.9 Å². The van der Waals surface area contributed by atoms with Gasteiger partial charge in [-0.2, -0.15) is 18.3 Å². The molecule has 200 valence electrons. The maximum absolute atomic E-state index is 13.5. The van der Waals surface area contributed by atoms with Gasteiger partial charge in [-0.15, -0.1) is 0 Å². The topological polar surface area (TPSA) is 92.1 Å². The molecule has 0 bridgehead atoms. The molecule has 4 rings (SSSR count). The molecular formula is C25H28Cl2F3N5O2. The van der Waals surface area contributed by atoms with Crippen LogP contribution in [0.4, 0.5) is 18.9 Å². The Balaban J connectivity index is 1.52. The minimum atomic E-state index is -4.60. The fraction of sp³-hybridized carbons (Fsp3) is 0.480. The molecule has 0 spiro atoms. The molecule has 3 N–H and O–H groups in total. The van der Waals surface area contributed by atoms with Crippen LogP contribution in [0.3, 0.4) is 0 Å². The summed E-state index contributed by atoms with van der Waals surface area (Å²) in [6.45, 7) is 3.41. The summed E-state index contributed by atoms with van der Waals surface area (Å²) in [6, 6.07) is 5.17. The molecule has 1 aromatic carbocycles. The van der Waals surface area contributed by atoms with Gasteiger partial charge in [0.2, 0.25) is 0 Å². The summed E-state index contributed by atoms with van der Waals surface area (Å²) >= 11 is 12.3. The van der Waals surface area contributed by atoms with Gasteiger partial charge in [0.15, 0.2) is 5.15 Å². The van der Waals surface area contributed by atoms with Crippen LogP contribution in [-0.4, -0.2) is 43.5 Å². The van der Waals surface area contributed by atoms with Crippen molar-refractivity contribution in [2.45, 2.75) is 76.4 Å². The minimum Gasteiger partial charge on any atom is -0.389 e. The molecule has 1 saturated carbocycles. The van der Waals surface area contributed by atoms with Gasteiger partial charge in [0.25, 0.3) is 5.91 Å². The normalized spacial score (nSPS) is 19.0. The Bertz CT molecular complexity index is 1290. The molecule has 2 atom stereocenters. The van der Waals surface area contributed by atoms with E-state index in [4.69, 9.17) is 23.2 Å². The van der Waals surface area contributed by atoms with Crippen molar-refractivity contribution in [3.63, 3.8) is 0 Å². The Morgan fingerprint density at radius 2 is 1.86 bits per heavy atom. The average Bonchev–Trinajstić information content (AvgIpc) is 2.99. The predicted octanol–water partition coefficient (Wildman–Crippen LogP) is 6.07. The first-order valence-electron chi connectivity index (χ1n) is 12.0. The maximum atomic E-state index is 13.5. The van der Waals surface area contributed by atoms with Gasteiger partial charge in [0.1, 0.15) is 5.69 Å². The zero-order chi connectivity index (χ0) is 27.0. The molecule has 37 heavy (non-hydrogen) atoms. The number of halogens is 5. The number of nitrogens with one attached hydrogen (secondary N) is 2. The Morgan fingerprint density at radius 1 is 1.16 bits per heavy atom. The van der Waals surface area contributed by atoms with Crippen LogP contribution < -0.4 is 10.6 Å². The smallest absolute Gasteiger partial charge is 0.389 e. The second-order valence-corrected chi connectivity index (χ2v) is 10.9. The molecule has 2 heterocycles. The number of pyridine rings is 1. The molecular weight excluding hydrogens is 530 g/mol. The third kappa shape index (κ3) is 7.06. The number of nitrogens with zero attached hydrogens (tertiary/aromatic N) is 3. The van der Waals surface area contributed by atoms with E-state index >= 15 is 0 Å². The number of hydrogen-bond acceptors (Lipinski definition) is 5. The lowest BCUT2D eigenvalue weighted by atomic mass is 10.0. The van der Waals surface area contributed by atoms with Gasteiger partial charge in [0, 0.05) is 34.4 Å². The fourth-order valence-electron chi connectivity index (χ4n) is 4.60. The van der Waals surface area contributed by atoms with E-state index in [1.165, 1.54) is 23.0 Å². The van der Waals surface area contributed by atoms with E-state index in [0.29, 0.717) is 22.5 Å². The van der Waals surface area contributed by atoms with Crippen molar-refractivity contribution in [2.75, 3.05) is 5.32 Å². The summed E-state index contributed by atoms with van der Waals surface area (Å²) < 4.78 is 42.0. The molecule has 3 aromatic rings. The van der Waals surface area contributed by atoms with E-state index in [1.807, 2.05) is 0 Å². The number of alkyl halides is 3. The maximum Gasteiger partial charge on any atom is 0.433 e. The van der Waals surface area contributed by atoms with Crippen molar-refractivity contribution in [2.24, 2.45) is 0 Å². The van der Waals surface area contributed by atoms with Gasteiger partial charge in [0.05, 0.1) is 23.2 Å². The van der Waals surface area contributed by atoms with Crippen LogP contribution in [-0.2, 0) is 12.7 Å². The second-order valence-electron chi connectivity index (χ2n) is 10.1. The molecule has 0 aliphatic heterocycles. The summed E-state index contributed by atoms with van der Waals surface area (Å²) in [5, 5.41) is 21.3. The molecule has 0 saturated heterocycles. The number of fused-ring (bicyclic) bond motifs is 1. The van der Waals surface area contributed by atoms with E-state index in [0.717, 1.165) is 31.7 Å². The van der Waals surface area contributed by atoms with Gasteiger partial charge >= 0.3 is 6.18 Å². The van der Waals surface area contributed by atoms with Crippen molar-refractivity contribution in [1.82, 2.24) is 20.1 Å². The van der Waals surface area contributed by atoms with Crippen LogP contribution in [0.25, 0.3) is 10.9 Å². The standard InChI is InChI=1S/C25H28Cl2F3N5O2/c1-24(2,37)13-35-12-18(22(27)34-35)23(36)32-16-6-4-3-5-15(10-16)31-20-11-21(25(28,29)30)33-19-8-7-14(26)9-17(19)20/h7-9,11-12,15-16,37H,3-6,10,13H2,1-2H3,(H,31,33)(H,32,36)/t15-,16+/m1/s1. The zero-order valence-corrected chi connectivity index (χ0v) is 21.9. The zero-order valence-electron chi connectivity index (χ0n) is 20.4. The number of carbonyl (C=O) groups is 1. The number of aliphatic hydroxyl groups is 1. The highest BCUT2D eigenvalue weighted by atomic mass is 35.5. The number of carbonyl (C=O) groups excluding carboxylic acids is 1. The lowest BCUT2D eigenvalue weighted by Gasteiger charge is -2.24. The first kappa shape index (κ1) is 27.5. The average molecular weight is 558 g/mol. The first-order valence-corrected chi connectivity index (χ1v) is 12.7. The number of amides is 1. The lowest BCUT2D eigenvalue weighted by Crippen LogP contribution is -2.38. The van der Waals surface area contributed by atoms with Crippen LogP contribution in [0.2, 0.25) is 10.2 Å². The Labute approximate surface area is 222 Å². The Hall–Kier alpha value is -2.56. The quantitative estimate of drug-likeness (QED) is 0.320. The van der Waals surface area contributed by atoms with Crippen LogP contribution in [0.1, 0.15) is 62.0 Å². The third-order valence-electron chi connectivity index (χ3n) is 6.19. The van der Waals surface area contributed by atoms with E-state index in [-0.39, 0.29) is 34.9 Å². The highest BCUT2D eigenvalue weighted by Crippen LogP contribution is 2.35. The van der Waals surface area contributed by atoms with Gasteiger partial charge in [-0.1, -0.05) is 36.0 Å². The number of anilines is 1. The van der Waals surface area contributed by atoms with Crippen LogP contribution >= 0.6 is 23.2 Å². The van der Waals surface area contributed by atoms with Crippen LogP contribution in [0.5, 0.6) is 0 Å². The molecule has 0 radical (unpaired) electrons. The second kappa shape index (κ2) is 10.7. The minimum absolute atomic E-state index is 0.0323. The Kier molecular flexibility index (Phi) is 7.92. The van der Waals surface area contributed by atoms with Crippen molar-refractivity contribution in [1.29, 1.82) is 0 Å². The van der Waals surface area contributed by atoms with Crippen molar-refractivity contribution >= 4 is 45.7 Å². The van der Waals surface area contributed by atoms with E-state index in [2.05, 4.69) is 20.7 Å². The van der Waals surface area contributed by atoms with Crippen molar-refractivity contribution < 1.29 is 23.1 Å². The molecule has 1 aliphatic rings. The van der Waals surface area contributed by atoms with Gasteiger partial charge in [-0.25, -0.2) is 4.98 Å². The highest BCUT2D eigenvalue weighted by Gasteiger charge is 2.34. The van der Waals surface area contributed by atoms with E-state index in [9.17, 15) is 23.1 Å². The summed E-state index contributed by atoms with van der Waals surface area (Å²) in [7, 11) is 0. The SMILES string of the molecule is CC(C)(O)Cn1cc(C(=O)N[C@H]2CCCC[C@@H](Nc3cc(C(F)(F)F)nc4ccc(Cl)cc34)C2)c(Cl)n1. The number of aromatic nitrogens is 3. The van der Waals surface area contributed by atoms with Gasteiger partial charge in [-0.3, -0.25) is 9.48 Å². The number of hydrogen-bond donors (Lipinski definition) is 3. The largest absolute Gasteiger partial charge is 0.433 e. The molecule has 1 amide bonds. The summed E-state index contributed by atoms with van der Waals surface area (Å²) in [5.41, 5.74) is -1.33. The van der Waals surface area contributed by atoms with E-state index in [1.54, 1.807) is 19.9 Å². The molecule has 12 heteroatoms. The van der Waals surface area contributed by atoms with E-state index < -0.39 is 23.4 Å². The van der Waals surface area contributed by atoms with Crippen LogP contribution in [0, 0.1) is 0 Å². The molecule has 0 unspecified atom stereocenters. The first-order chi connectivity index (χ1) is 17.3. The van der Waals surface area contributed by atoms with Gasteiger partial charge < -0.3 is 15.7 Å². The summed E-state index contributed by atoms with van der Waals surface area (Å²) in [4.78, 5) is 16.7. The van der Waals surface area contributed by atoms with Crippen LogP contribution in [0.15, 0.2) is 30.5 Å². The monoisotopic (exact) mass is 557 g/mol.